The molecule has 3 aromatic rings. The van der Waals surface area contributed by atoms with Gasteiger partial charge in [0.25, 0.3) is 5.91 Å². The summed E-state index contributed by atoms with van der Waals surface area (Å²) in [6, 6.07) is 20.9. The second-order valence-corrected chi connectivity index (χ2v) is 8.91. The van der Waals surface area contributed by atoms with E-state index < -0.39 is 0 Å². The van der Waals surface area contributed by atoms with Crippen LogP contribution >= 0.6 is 0 Å². The zero-order valence-electron chi connectivity index (χ0n) is 20.4. The van der Waals surface area contributed by atoms with Crippen LogP contribution in [0.4, 0.5) is 15.8 Å². The number of benzene rings is 3. The van der Waals surface area contributed by atoms with Crippen LogP contribution in [0, 0.1) is 11.7 Å². The van der Waals surface area contributed by atoms with Crippen molar-refractivity contribution in [2.75, 3.05) is 24.3 Å². The molecule has 0 saturated carbocycles. The van der Waals surface area contributed by atoms with Crippen molar-refractivity contribution >= 4 is 23.2 Å². The van der Waals surface area contributed by atoms with Crippen LogP contribution in [-0.2, 0) is 11.3 Å². The number of hydrogen-bond acceptors (Lipinski definition) is 3. The molecule has 0 aliphatic carbocycles. The van der Waals surface area contributed by atoms with Crippen LogP contribution in [0.25, 0.3) is 0 Å². The third-order valence-corrected chi connectivity index (χ3v) is 5.80. The van der Waals surface area contributed by atoms with Gasteiger partial charge in [0.15, 0.2) is 0 Å². The van der Waals surface area contributed by atoms with E-state index in [9.17, 15) is 14.0 Å². The van der Waals surface area contributed by atoms with E-state index in [0.29, 0.717) is 17.8 Å². The Balaban J connectivity index is 2.03. The number of halogens is 1. The van der Waals surface area contributed by atoms with Crippen LogP contribution in [0.15, 0.2) is 72.8 Å². The van der Waals surface area contributed by atoms with Gasteiger partial charge in [0, 0.05) is 43.5 Å². The Kier molecular flexibility index (Phi) is 8.05. The number of carbonyl (C=O) groups is 2. The largest absolute Gasteiger partial charge is 0.377 e. The van der Waals surface area contributed by atoms with Crippen LogP contribution in [0.1, 0.15) is 48.3 Å². The third-order valence-electron chi connectivity index (χ3n) is 5.80. The molecule has 5 nitrogen and oxygen atoms in total. The molecule has 0 fully saturated rings. The van der Waals surface area contributed by atoms with Crippen LogP contribution in [0.5, 0.6) is 0 Å². The summed E-state index contributed by atoms with van der Waals surface area (Å²) in [4.78, 5) is 29.7. The maximum absolute atomic E-state index is 13.6. The first-order valence-electron chi connectivity index (χ1n) is 11.4. The van der Waals surface area contributed by atoms with Crippen LogP contribution in [0.2, 0.25) is 0 Å². The summed E-state index contributed by atoms with van der Waals surface area (Å²) in [6.45, 7) is 5.98. The lowest BCUT2D eigenvalue weighted by atomic mass is 10.0. The van der Waals surface area contributed by atoms with Gasteiger partial charge in [-0.3, -0.25) is 9.59 Å². The highest BCUT2D eigenvalue weighted by Crippen LogP contribution is 2.30. The van der Waals surface area contributed by atoms with E-state index in [2.05, 4.69) is 5.32 Å². The maximum Gasteiger partial charge on any atom is 0.254 e. The summed E-state index contributed by atoms with van der Waals surface area (Å²) in [5, 5.41) is 2.95. The first kappa shape index (κ1) is 25.0. The predicted octanol–water partition coefficient (Wildman–Crippen LogP) is 5.89. The summed E-state index contributed by atoms with van der Waals surface area (Å²) in [6.07, 6.45) is 0. The quantitative estimate of drug-likeness (QED) is 0.455. The van der Waals surface area contributed by atoms with E-state index in [1.165, 1.54) is 24.3 Å². The first-order chi connectivity index (χ1) is 16.2. The average Bonchev–Trinajstić information content (AvgIpc) is 2.82. The van der Waals surface area contributed by atoms with Crippen molar-refractivity contribution in [3.63, 3.8) is 0 Å². The molecule has 1 N–H and O–H groups in total. The number of nitrogens with zero attached hydrogens (tertiary/aromatic N) is 2. The van der Waals surface area contributed by atoms with E-state index in [1.54, 1.807) is 4.90 Å². The minimum Gasteiger partial charge on any atom is -0.377 e. The summed E-state index contributed by atoms with van der Waals surface area (Å²) < 4.78 is 13.5. The lowest BCUT2D eigenvalue weighted by Gasteiger charge is -2.32. The third kappa shape index (κ3) is 6.01. The van der Waals surface area contributed by atoms with Gasteiger partial charge in [-0.1, -0.05) is 44.2 Å². The fourth-order valence-electron chi connectivity index (χ4n) is 3.75. The molecule has 0 spiro atoms. The Labute approximate surface area is 201 Å². The molecular formula is C28H32FN3O2. The molecule has 0 unspecified atom stereocenters. The lowest BCUT2D eigenvalue weighted by Crippen LogP contribution is -2.34. The Morgan fingerprint density at radius 3 is 2.15 bits per heavy atom. The molecule has 3 aromatic carbocycles. The second-order valence-electron chi connectivity index (χ2n) is 8.91. The summed E-state index contributed by atoms with van der Waals surface area (Å²) in [5.74, 6) is -0.799. The van der Waals surface area contributed by atoms with E-state index >= 15 is 0 Å². The molecule has 3 rings (SSSR count). The minimum absolute atomic E-state index is 0.0690. The number of amides is 2. The number of rotatable bonds is 8. The van der Waals surface area contributed by atoms with Crippen molar-refractivity contribution in [3.8, 4) is 0 Å². The van der Waals surface area contributed by atoms with Crippen LogP contribution < -0.4 is 10.2 Å². The van der Waals surface area contributed by atoms with Crippen molar-refractivity contribution in [1.29, 1.82) is 0 Å². The van der Waals surface area contributed by atoms with Gasteiger partial charge in [0.1, 0.15) is 5.82 Å². The van der Waals surface area contributed by atoms with Gasteiger partial charge in [-0.2, -0.15) is 0 Å². The molecule has 2 amide bonds. The molecule has 6 heteroatoms. The van der Waals surface area contributed by atoms with Crippen molar-refractivity contribution < 1.29 is 14.0 Å². The Hall–Kier alpha value is -3.67. The number of nitrogens with one attached hydrogen (secondary N) is 1. The zero-order valence-corrected chi connectivity index (χ0v) is 20.4. The molecule has 178 valence electrons. The van der Waals surface area contributed by atoms with Crippen molar-refractivity contribution in [1.82, 2.24) is 4.90 Å². The fourth-order valence-corrected chi connectivity index (χ4v) is 3.75. The van der Waals surface area contributed by atoms with E-state index in [1.807, 2.05) is 88.3 Å². The van der Waals surface area contributed by atoms with Crippen molar-refractivity contribution in [3.05, 3.63) is 95.3 Å². The minimum atomic E-state index is -0.386. The normalized spacial score (nSPS) is 11.7. The van der Waals surface area contributed by atoms with Gasteiger partial charge in [-0.25, -0.2) is 4.39 Å². The van der Waals surface area contributed by atoms with Gasteiger partial charge in [0.05, 0.1) is 6.04 Å². The fraction of sp³-hybridized carbons (Fsp3) is 0.286. The van der Waals surface area contributed by atoms with Gasteiger partial charge < -0.3 is 15.1 Å². The Bertz CT molecular complexity index is 1130. The predicted molar refractivity (Wildman–Crippen MR) is 135 cm³/mol. The lowest BCUT2D eigenvalue weighted by molar-refractivity contribution is -0.118. The number of anilines is 2. The van der Waals surface area contributed by atoms with Crippen LogP contribution in [0.3, 0.4) is 0 Å². The summed E-state index contributed by atoms with van der Waals surface area (Å²) in [5.41, 5.74) is 3.93. The standard InChI is InChI=1S/C28H32FN3O2/c1-19(2)27(33)30-25-15-16-26(31(4)5)23(17-25)18-32(20(3)21-9-7-6-8-10-21)28(34)22-11-13-24(29)14-12-22/h6-17,19-20H,18H2,1-5H3,(H,30,33)/t20-/m1/s1. The highest BCUT2D eigenvalue weighted by atomic mass is 19.1. The smallest absolute Gasteiger partial charge is 0.254 e. The van der Waals surface area contributed by atoms with Crippen molar-refractivity contribution in [2.45, 2.75) is 33.4 Å². The van der Waals surface area contributed by atoms with Gasteiger partial charge >= 0.3 is 0 Å². The zero-order chi connectivity index (χ0) is 24.8. The average molecular weight is 462 g/mol. The Morgan fingerprint density at radius 2 is 1.56 bits per heavy atom. The second kappa shape index (κ2) is 11.0. The molecule has 1 atom stereocenters. The number of hydrogen-bond donors (Lipinski definition) is 1. The van der Waals surface area contributed by atoms with Gasteiger partial charge in [-0.15, -0.1) is 0 Å². The number of carbonyl (C=O) groups excluding carboxylic acids is 2. The molecule has 0 aromatic heterocycles. The molecule has 0 saturated heterocycles. The topological polar surface area (TPSA) is 52.7 Å². The van der Waals surface area contributed by atoms with E-state index in [4.69, 9.17) is 0 Å². The van der Waals surface area contributed by atoms with Gasteiger partial charge in [-0.05, 0) is 60.5 Å². The molecule has 0 heterocycles. The van der Waals surface area contributed by atoms with Crippen molar-refractivity contribution in [2.24, 2.45) is 5.92 Å². The molecule has 0 radical (unpaired) electrons. The summed E-state index contributed by atoms with van der Waals surface area (Å²) >= 11 is 0. The molecule has 0 aliphatic heterocycles. The molecular weight excluding hydrogens is 429 g/mol. The SMILES string of the molecule is CC(C)C(=O)Nc1ccc(N(C)C)c(CN(C(=O)c2ccc(F)cc2)[C@H](C)c2ccccc2)c1. The van der Waals surface area contributed by atoms with E-state index in [-0.39, 0.29) is 29.6 Å². The van der Waals surface area contributed by atoms with Gasteiger partial charge in [0.2, 0.25) is 5.91 Å². The Morgan fingerprint density at radius 1 is 0.912 bits per heavy atom. The maximum atomic E-state index is 13.6. The molecule has 0 aliphatic rings. The summed E-state index contributed by atoms with van der Waals surface area (Å²) in [7, 11) is 3.88. The highest BCUT2D eigenvalue weighted by molar-refractivity contribution is 5.95. The molecule has 34 heavy (non-hydrogen) atoms. The first-order valence-corrected chi connectivity index (χ1v) is 11.4. The van der Waals surface area contributed by atoms with E-state index in [0.717, 1.165) is 16.8 Å². The monoisotopic (exact) mass is 461 g/mol. The highest BCUT2D eigenvalue weighted by Gasteiger charge is 2.25. The van der Waals surface area contributed by atoms with Crippen LogP contribution in [-0.4, -0.2) is 30.8 Å². The molecule has 0 bridgehead atoms.